The number of amides is 1. The number of aryl methyl sites for hydroxylation is 1. The fourth-order valence-electron chi connectivity index (χ4n) is 2.60. The Hall–Kier alpha value is -3.53. The Morgan fingerprint density at radius 3 is 2.23 bits per heavy atom. The number of nitrogens with zero attached hydrogens (tertiary/aromatic N) is 1. The molecule has 9 nitrogen and oxygen atoms in total. The predicted octanol–water partition coefficient (Wildman–Crippen LogP) is 3.12. The minimum atomic E-state index is -2.78. The number of rotatable bonds is 6. The van der Waals surface area contributed by atoms with Gasteiger partial charge in [-0.1, -0.05) is 12.1 Å². The molecule has 10 heteroatoms. The Morgan fingerprint density at radius 2 is 1.71 bits per heavy atom. The number of aliphatic carboxylic acids is 1. The second kappa shape index (κ2) is 9.52. The minimum Gasteiger partial charge on any atom is -0.480 e. The molecule has 0 bridgehead atoms. The van der Waals surface area contributed by atoms with Gasteiger partial charge in [-0.25, -0.2) is 0 Å². The summed E-state index contributed by atoms with van der Waals surface area (Å²) < 4.78 is 31.3. The monoisotopic (exact) mass is 446 g/mol. The summed E-state index contributed by atoms with van der Waals surface area (Å²) in [5.74, 6) is -2.07. The average molecular weight is 446 g/mol. The van der Waals surface area contributed by atoms with Gasteiger partial charge in [-0.15, -0.1) is 4.36 Å². The van der Waals surface area contributed by atoms with Crippen molar-refractivity contribution in [3.8, 4) is 16.9 Å². The molecule has 0 unspecified atom stereocenters. The van der Waals surface area contributed by atoms with E-state index < -0.39 is 40.3 Å². The molecule has 0 fully saturated rings. The zero-order valence-corrected chi connectivity index (χ0v) is 18.2. The number of hydrogen-bond acceptors (Lipinski definition) is 7. The van der Waals surface area contributed by atoms with Crippen molar-refractivity contribution in [2.75, 3.05) is 6.54 Å². The maximum atomic E-state index is 12.6. The zero-order chi connectivity index (χ0) is 23.3. The van der Waals surface area contributed by atoms with Crippen LogP contribution in [0.25, 0.3) is 11.1 Å². The Balaban J connectivity index is 2.57. The largest absolute Gasteiger partial charge is 0.480 e. The van der Waals surface area contributed by atoms with Crippen LogP contribution in [0, 0.1) is 12.3 Å². The normalized spacial score (nSPS) is 10.8. The van der Waals surface area contributed by atoms with Crippen molar-refractivity contribution in [3.05, 3.63) is 47.5 Å². The van der Waals surface area contributed by atoms with Crippen molar-refractivity contribution in [1.82, 2.24) is 5.32 Å². The summed E-state index contributed by atoms with van der Waals surface area (Å²) in [5.41, 5.74) is 0.573. The average Bonchev–Trinajstić information content (AvgIpc) is 2.65. The van der Waals surface area contributed by atoms with Gasteiger partial charge in [-0.3, -0.25) is 14.4 Å². The lowest BCUT2D eigenvalue weighted by Gasteiger charge is -2.17. The Kier molecular flexibility index (Phi) is 7.29. The molecule has 2 N–H and O–H groups in total. The third kappa shape index (κ3) is 6.48. The summed E-state index contributed by atoms with van der Waals surface area (Å²) in [6.07, 6.45) is 0. The maximum absolute atomic E-state index is 12.6. The summed E-state index contributed by atoms with van der Waals surface area (Å²) in [4.78, 5) is 35.5. The molecule has 2 aromatic carbocycles. The molecule has 1 amide bonds. The van der Waals surface area contributed by atoms with E-state index in [2.05, 4.69) is 9.68 Å². The first-order valence-corrected chi connectivity index (χ1v) is 10.2. The molecule has 2 aromatic rings. The summed E-state index contributed by atoms with van der Waals surface area (Å²) in [7, 11) is -2.78. The zero-order valence-electron chi connectivity index (χ0n) is 17.4. The predicted molar refractivity (Wildman–Crippen MR) is 113 cm³/mol. The van der Waals surface area contributed by atoms with E-state index in [1.165, 1.54) is 24.3 Å². The van der Waals surface area contributed by atoms with Crippen LogP contribution >= 0.6 is 0 Å². The van der Waals surface area contributed by atoms with Crippen LogP contribution in [0.4, 0.5) is 5.69 Å². The lowest BCUT2D eigenvalue weighted by molar-refractivity contribution is -0.143. The van der Waals surface area contributed by atoms with E-state index in [0.717, 1.165) is 0 Å². The lowest BCUT2D eigenvalue weighted by atomic mass is 9.95. The number of ether oxygens (including phenoxy) is 1. The van der Waals surface area contributed by atoms with Crippen molar-refractivity contribution in [2.45, 2.75) is 27.7 Å². The molecule has 0 aliphatic heterocycles. The highest BCUT2D eigenvalue weighted by Crippen LogP contribution is 2.36. The van der Waals surface area contributed by atoms with E-state index in [0.29, 0.717) is 11.1 Å². The molecule has 0 saturated carbocycles. The van der Waals surface area contributed by atoms with Gasteiger partial charge < -0.3 is 15.2 Å². The molecule has 0 aliphatic rings. The highest BCUT2D eigenvalue weighted by Gasteiger charge is 2.24. The number of carbonyl (C=O) groups is 3. The van der Waals surface area contributed by atoms with Gasteiger partial charge in [0.1, 0.15) is 12.3 Å². The van der Waals surface area contributed by atoms with Crippen molar-refractivity contribution in [2.24, 2.45) is 9.78 Å². The molecular formula is C21H22N2O7S. The molecular weight excluding hydrogens is 424 g/mol. The van der Waals surface area contributed by atoms with E-state index in [4.69, 9.17) is 9.84 Å². The smallest absolute Gasteiger partial charge is 0.322 e. The Morgan fingerprint density at radius 1 is 1.10 bits per heavy atom. The van der Waals surface area contributed by atoms with Crippen molar-refractivity contribution >= 4 is 34.0 Å². The van der Waals surface area contributed by atoms with Crippen LogP contribution in [0.1, 0.15) is 36.7 Å². The first kappa shape index (κ1) is 23.7. The van der Waals surface area contributed by atoms with Crippen LogP contribution in [-0.2, 0) is 20.1 Å². The number of carbonyl (C=O) groups excluding carboxylic acids is 2. The molecule has 0 spiro atoms. The van der Waals surface area contributed by atoms with Gasteiger partial charge in [0.2, 0.25) is 0 Å². The Bertz CT molecular complexity index is 1150. The number of carboxylic acids is 1. The van der Waals surface area contributed by atoms with Gasteiger partial charge >= 0.3 is 22.4 Å². The second-order valence-corrected chi connectivity index (χ2v) is 8.37. The van der Waals surface area contributed by atoms with Crippen molar-refractivity contribution < 1.29 is 32.6 Å². The van der Waals surface area contributed by atoms with Crippen molar-refractivity contribution in [1.29, 1.82) is 0 Å². The molecule has 0 aromatic heterocycles. The van der Waals surface area contributed by atoms with Crippen LogP contribution in [-0.4, -0.2) is 37.9 Å². The third-order valence-electron chi connectivity index (χ3n) is 4.05. The van der Waals surface area contributed by atoms with Crippen LogP contribution < -0.4 is 10.1 Å². The van der Waals surface area contributed by atoms with Gasteiger partial charge in [0.15, 0.2) is 0 Å². The fourth-order valence-corrected chi connectivity index (χ4v) is 2.91. The highest BCUT2D eigenvalue weighted by molar-refractivity contribution is 7.61. The number of hydrogen-bond donors (Lipinski definition) is 2. The van der Waals surface area contributed by atoms with Gasteiger partial charge in [-0.05, 0) is 63.1 Å². The van der Waals surface area contributed by atoms with E-state index in [9.17, 15) is 22.8 Å². The molecule has 31 heavy (non-hydrogen) atoms. The number of carboxylic acid groups (broad SMARTS) is 1. The molecule has 0 atom stereocenters. The molecule has 2 rings (SSSR count). The summed E-state index contributed by atoms with van der Waals surface area (Å²) in [6.45, 7) is 6.20. The Labute approximate surface area is 180 Å². The quantitative estimate of drug-likeness (QED) is 0.513. The third-order valence-corrected chi connectivity index (χ3v) is 4.39. The van der Waals surface area contributed by atoms with Gasteiger partial charge in [-0.2, -0.15) is 8.42 Å². The topological polar surface area (TPSA) is 139 Å². The van der Waals surface area contributed by atoms with E-state index in [-0.39, 0.29) is 22.6 Å². The summed E-state index contributed by atoms with van der Waals surface area (Å²) in [6, 6.07) is 9.12. The highest BCUT2D eigenvalue weighted by atomic mass is 32.2. The van der Waals surface area contributed by atoms with E-state index in [1.807, 2.05) is 0 Å². The first-order chi connectivity index (χ1) is 14.4. The molecule has 0 radical (unpaired) electrons. The van der Waals surface area contributed by atoms with Gasteiger partial charge in [0, 0.05) is 11.1 Å². The molecule has 164 valence electrons. The first-order valence-electron chi connectivity index (χ1n) is 9.17. The fraction of sp³-hybridized carbons (Fsp3) is 0.286. The maximum Gasteiger partial charge on any atom is 0.322 e. The van der Waals surface area contributed by atoms with Crippen LogP contribution in [0.5, 0.6) is 5.75 Å². The van der Waals surface area contributed by atoms with Crippen molar-refractivity contribution in [3.63, 3.8) is 0 Å². The lowest BCUT2D eigenvalue weighted by Crippen LogP contribution is -2.29. The molecule has 0 heterocycles. The van der Waals surface area contributed by atoms with Crippen LogP contribution in [0.2, 0.25) is 0 Å². The molecule has 0 aliphatic carbocycles. The number of esters is 1. The second-order valence-electron chi connectivity index (χ2n) is 7.76. The van der Waals surface area contributed by atoms with E-state index >= 15 is 0 Å². The van der Waals surface area contributed by atoms with Crippen LogP contribution in [0.15, 0.2) is 40.8 Å². The minimum absolute atomic E-state index is 0.0215. The number of benzene rings is 2. The SMILES string of the molecule is Cc1cc(N=S(=O)=O)c(-c2ccc(OC(=O)C(C)(C)C)cc2)c(C(=O)NCC(=O)O)c1. The molecule has 0 saturated heterocycles. The number of nitrogens with one attached hydrogen (secondary N) is 1. The van der Waals surface area contributed by atoms with Gasteiger partial charge in [0.25, 0.3) is 5.91 Å². The van der Waals surface area contributed by atoms with Crippen LogP contribution in [0.3, 0.4) is 0 Å². The van der Waals surface area contributed by atoms with E-state index in [1.54, 1.807) is 39.8 Å². The standard InChI is InChI=1S/C21H22N2O7S/c1-12-9-15(19(26)22-11-17(24)25)18(16(10-12)23-31(28)29)13-5-7-14(8-6-13)30-20(27)21(2,3)4/h5-10H,11H2,1-4H3,(H,22,26)(H,24,25). The van der Waals surface area contributed by atoms with Gasteiger partial charge in [0.05, 0.1) is 11.1 Å². The summed E-state index contributed by atoms with van der Waals surface area (Å²) in [5, 5.41) is 11.1. The summed E-state index contributed by atoms with van der Waals surface area (Å²) >= 11 is 0.